The van der Waals surface area contributed by atoms with Gasteiger partial charge in [0.05, 0.1) is 12.1 Å². The van der Waals surface area contributed by atoms with Crippen molar-refractivity contribution in [2.45, 2.75) is 70.5 Å². The number of piperidine rings is 1. The van der Waals surface area contributed by atoms with Crippen LogP contribution in [0.1, 0.15) is 39.2 Å². The molecule has 164 valence electrons. The van der Waals surface area contributed by atoms with E-state index in [1.807, 2.05) is 41.3 Å². The number of benzene rings is 1. The van der Waals surface area contributed by atoms with E-state index in [0.29, 0.717) is 12.5 Å². The second-order valence-corrected chi connectivity index (χ2v) is 14.9. The number of nitrogens with zero attached hydrogens (tertiary/aromatic N) is 1. The van der Waals surface area contributed by atoms with Gasteiger partial charge in [-0.25, -0.2) is 4.79 Å². The fourth-order valence-electron chi connectivity index (χ4n) is 4.23. The van der Waals surface area contributed by atoms with Gasteiger partial charge in [0.1, 0.15) is 6.61 Å². The van der Waals surface area contributed by atoms with Crippen molar-refractivity contribution in [1.29, 1.82) is 0 Å². The van der Waals surface area contributed by atoms with E-state index >= 15 is 0 Å². The summed E-state index contributed by atoms with van der Waals surface area (Å²) in [6.07, 6.45) is 8.12. The minimum absolute atomic E-state index is 0.0213. The van der Waals surface area contributed by atoms with Gasteiger partial charge in [0.2, 0.25) is 0 Å². The van der Waals surface area contributed by atoms with Crippen molar-refractivity contribution >= 4 is 14.4 Å². The van der Waals surface area contributed by atoms with Crippen LogP contribution in [0, 0.1) is 11.8 Å². The maximum Gasteiger partial charge on any atom is 0.410 e. The van der Waals surface area contributed by atoms with Crippen LogP contribution in [0.5, 0.6) is 0 Å². The SMILES string of the molecule is C=CCC(O[Si](C)(C)C(C)(C)C)C1CC2C=CC1N(C(=O)OCc1ccccc1)C2. The van der Waals surface area contributed by atoms with E-state index < -0.39 is 8.32 Å². The maximum atomic E-state index is 12.9. The van der Waals surface area contributed by atoms with Crippen molar-refractivity contribution in [3.05, 3.63) is 60.7 Å². The van der Waals surface area contributed by atoms with Crippen molar-refractivity contribution in [2.24, 2.45) is 11.8 Å². The monoisotopic (exact) mass is 427 g/mol. The van der Waals surface area contributed by atoms with Crippen LogP contribution in [0.15, 0.2) is 55.1 Å². The van der Waals surface area contributed by atoms with Gasteiger partial charge in [0, 0.05) is 12.5 Å². The van der Waals surface area contributed by atoms with Crippen LogP contribution in [-0.4, -0.2) is 38.0 Å². The van der Waals surface area contributed by atoms with Gasteiger partial charge in [0.15, 0.2) is 8.32 Å². The summed E-state index contributed by atoms with van der Waals surface area (Å²) in [6.45, 7) is 16.4. The van der Waals surface area contributed by atoms with Crippen LogP contribution in [0.2, 0.25) is 18.1 Å². The Labute approximate surface area is 183 Å². The molecule has 0 N–H and O–H groups in total. The number of rotatable bonds is 7. The zero-order chi connectivity index (χ0) is 21.9. The number of ether oxygens (including phenoxy) is 1. The average Bonchev–Trinajstić information content (AvgIpc) is 2.71. The largest absolute Gasteiger partial charge is 0.445 e. The third-order valence-electron chi connectivity index (χ3n) is 6.95. The fraction of sp³-hybridized carbons (Fsp3) is 0.560. The van der Waals surface area contributed by atoms with E-state index in [1.165, 1.54) is 0 Å². The first-order chi connectivity index (χ1) is 14.1. The van der Waals surface area contributed by atoms with Crippen LogP contribution in [-0.2, 0) is 15.8 Å². The molecule has 0 radical (unpaired) electrons. The number of hydrogen-bond donors (Lipinski definition) is 0. The lowest BCUT2D eigenvalue weighted by Crippen LogP contribution is -2.57. The molecule has 5 heteroatoms. The summed E-state index contributed by atoms with van der Waals surface area (Å²) in [6, 6.07) is 9.86. The van der Waals surface area contributed by atoms with E-state index in [-0.39, 0.29) is 29.2 Å². The molecule has 4 atom stereocenters. The predicted octanol–water partition coefficient (Wildman–Crippen LogP) is 6.17. The molecular weight excluding hydrogens is 390 g/mol. The predicted molar refractivity (Wildman–Crippen MR) is 125 cm³/mol. The van der Waals surface area contributed by atoms with Crippen LogP contribution in [0.3, 0.4) is 0 Å². The number of fused-ring (bicyclic) bond motifs is 2. The summed E-state index contributed by atoms with van der Waals surface area (Å²) >= 11 is 0. The molecule has 1 aliphatic carbocycles. The number of hydrogen-bond acceptors (Lipinski definition) is 3. The van der Waals surface area contributed by atoms with E-state index in [1.54, 1.807) is 0 Å². The van der Waals surface area contributed by atoms with E-state index in [0.717, 1.165) is 24.9 Å². The lowest BCUT2D eigenvalue weighted by atomic mass is 9.74. The molecule has 2 heterocycles. The summed E-state index contributed by atoms with van der Waals surface area (Å²) in [5, 5.41) is 0.143. The van der Waals surface area contributed by atoms with Gasteiger partial charge in [-0.05, 0) is 42.5 Å². The van der Waals surface area contributed by atoms with Crippen LogP contribution < -0.4 is 0 Å². The summed E-state index contributed by atoms with van der Waals surface area (Å²) in [4.78, 5) is 14.9. The summed E-state index contributed by atoms with van der Waals surface area (Å²) in [5.41, 5.74) is 1.01. The lowest BCUT2D eigenvalue weighted by molar-refractivity contribution is 0.00219. The third-order valence-corrected chi connectivity index (χ3v) is 11.5. The smallest absolute Gasteiger partial charge is 0.410 e. The molecule has 2 aliphatic heterocycles. The van der Waals surface area contributed by atoms with Gasteiger partial charge in [-0.2, -0.15) is 0 Å². The lowest BCUT2D eigenvalue weighted by Gasteiger charge is -2.50. The Morgan fingerprint density at radius 3 is 2.57 bits per heavy atom. The highest BCUT2D eigenvalue weighted by Gasteiger charge is 2.47. The second-order valence-electron chi connectivity index (χ2n) is 10.2. The van der Waals surface area contributed by atoms with Crippen molar-refractivity contribution in [2.75, 3.05) is 6.54 Å². The molecule has 2 bridgehead atoms. The topological polar surface area (TPSA) is 38.8 Å². The van der Waals surface area contributed by atoms with Gasteiger partial charge >= 0.3 is 6.09 Å². The van der Waals surface area contributed by atoms with E-state index in [4.69, 9.17) is 9.16 Å². The summed E-state index contributed by atoms with van der Waals surface area (Å²) in [7, 11) is -1.93. The molecule has 1 amide bonds. The first-order valence-corrected chi connectivity index (χ1v) is 14.0. The summed E-state index contributed by atoms with van der Waals surface area (Å²) in [5.74, 6) is 0.629. The van der Waals surface area contributed by atoms with Crippen molar-refractivity contribution in [3.8, 4) is 0 Å². The van der Waals surface area contributed by atoms with Crippen molar-refractivity contribution in [3.63, 3.8) is 0 Å². The number of carbonyl (C=O) groups excluding carboxylic acids is 1. The highest BCUT2D eigenvalue weighted by molar-refractivity contribution is 6.74. The molecule has 30 heavy (non-hydrogen) atoms. The molecule has 3 aliphatic rings. The molecule has 0 spiro atoms. The van der Waals surface area contributed by atoms with E-state index in [2.05, 4.69) is 52.6 Å². The molecular formula is C25H37NO3Si. The van der Waals surface area contributed by atoms with Crippen molar-refractivity contribution < 1.29 is 14.0 Å². The van der Waals surface area contributed by atoms with Crippen molar-refractivity contribution in [1.82, 2.24) is 4.90 Å². The van der Waals surface area contributed by atoms with Gasteiger partial charge in [-0.1, -0.05) is 69.3 Å². The van der Waals surface area contributed by atoms with Crippen LogP contribution >= 0.6 is 0 Å². The molecule has 1 aromatic carbocycles. The van der Waals surface area contributed by atoms with Gasteiger partial charge in [0.25, 0.3) is 0 Å². The van der Waals surface area contributed by atoms with Crippen LogP contribution in [0.25, 0.3) is 0 Å². The standard InChI is InChI=1S/C25H37NO3Si/c1-7-11-23(29-30(5,6)25(2,3)4)21-16-20-14-15-22(21)26(17-20)24(27)28-18-19-12-9-8-10-13-19/h7-10,12-15,20-23H,1,11,16-18H2,2-6H3. The highest BCUT2D eigenvalue weighted by Crippen LogP contribution is 2.43. The Bertz CT molecular complexity index is 768. The Balaban J connectivity index is 1.73. The summed E-state index contributed by atoms with van der Waals surface area (Å²) < 4.78 is 12.5. The van der Waals surface area contributed by atoms with E-state index in [9.17, 15) is 4.79 Å². The first-order valence-electron chi connectivity index (χ1n) is 11.1. The molecule has 0 saturated carbocycles. The normalized spacial score (nSPS) is 24.6. The first kappa shape index (κ1) is 22.8. The Hall–Kier alpha value is -1.85. The molecule has 0 aromatic heterocycles. The van der Waals surface area contributed by atoms with Gasteiger partial charge in [-0.3, -0.25) is 0 Å². The Morgan fingerprint density at radius 1 is 1.27 bits per heavy atom. The Kier molecular flexibility index (Phi) is 6.93. The minimum atomic E-state index is -1.93. The van der Waals surface area contributed by atoms with Gasteiger partial charge < -0.3 is 14.1 Å². The molecule has 4 unspecified atom stereocenters. The fourth-order valence-corrected chi connectivity index (χ4v) is 5.61. The molecule has 1 saturated heterocycles. The number of carbonyl (C=O) groups is 1. The molecule has 4 rings (SSSR count). The maximum absolute atomic E-state index is 12.9. The zero-order valence-electron chi connectivity index (χ0n) is 19.1. The highest BCUT2D eigenvalue weighted by atomic mass is 28.4. The molecule has 1 aromatic rings. The third kappa shape index (κ3) is 5.06. The van der Waals surface area contributed by atoms with Gasteiger partial charge in [-0.15, -0.1) is 6.58 Å². The average molecular weight is 428 g/mol. The quantitative estimate of drug-likeness (QED) is 0.386. The molecule has 1 fully saturated rings. The van der Waals surface area contributed by atoms with Crippen LogP contribution in [0.4, 0.5) is 4.79 Å². The minimum Gasteiger partial charge on any atom is -0.445 e. The zero-order valence-corrected chi connectivity index (χ0v) is 20.1. The Morgan fingerprint density at radius 2 is 1.97 bits per heavy atom. The second kappa shape index (κ2) is 9.11. The molecule has 4 nitrogen and oxygen atoms in total. The number of amides is 1.